The second kappa shape index (κ2) is 6.59. The predicted molar refractivity (Wildman–Crippen MR) is 100 cm³/mol. The van der Waals surface area contributed by atoms with E-state index in [2.05, 4.69) is 16.1 Å². The molecule has 2 heterocycles. The lowest BCUT2D eigenvalue weighted by molar-refractivity contribution is -0.130. The van der Waals surface area contributed by atoms with E-state index in [-0.39, 0.29) is 17.9 Å². The number of amides is 1. The average molecular weight is 432 g/mol. The minimum Gasteiger partial charge on any atom is -0.352 e. The van der Waals surface area contributed by atoms with Crippen molar-refractivity contribution in [2.24, 2.45) is 0 Å². The molecule has 1 fully saturated rings. The van der Waals surface area contributed by atoms with Crippen LogP contribution in [0.5, 0.6) is 0 Å². The maximum Gasteiger partial charge on any atom is 0.310 e. The summed E-state index contributed by atoms with van der Waals surface area (Å²) in [5.41, 5.74) is 0.650. The normalized spacial score (nSPS) is 17.2. The fourth-order valence-corrected chi connectivity index (χ4v) is 3.56. The minimum atomic E-state index is -9.71. The molecule has 1 aromatic carbocycles. The quantitative estimate of drug-likeness (QED) is 0.541. The fraction of sp³-hybridized carbons (Fsp3) is 0.278. The monoisotopic (exact) mass is 432 g/mol. The smallest absolute Gasteiger partial charge is 0.310 e. The van der Waals surface area contributed by atoms with Crippen molar-refractivity contribution in [3.8, 4) is 12.3 Å². The molecule has 1 aliphatic heterocycles. The van der Waals surface area contributed by atoms with Crippen LogP contribution in [0, 0.1) is 12.3 Å². The summed E-state index contributed by atoms with van der Waals surface area (Å²) in [5.74, 6) is 2.71. The van der Waals surface area contributed by atoms with E-state index in [0.717, 1.165) is 12.1 Å². The predicted octanol–water partition coefficient (Wildman–Crippen LogP) is 4.01. The number of aromatic nitrogens is 2. The molecule has 0 saturated carbocycles. The van der Waals surface area contributed by atoms with E-state index in [0.29, 0.717) is 49.8 Å². The molecule has 0 spiro atoms. The SMILES string of the molecule is C#Cc1ccc(N2CCN(C(=O)Cc3ccc(S(F)(F)(F)(F)F)cc3)CC2)nn1. The Kier molecular flexibility index (Phi) is 4.74. The van der Waals surface area contributed by atoms with Gasteiger partial charge in [0.15, 0.2) is 5.82 Å². The molecule has 0 unspecified atom stereocenters. The van der Waals surface area contributed by atoms with Gasteiger partial charge in [0.05, 0.1) is 6.42 Å². The van der Waals surface area contributed by atoms with Gasteiger partial charge < -0.3 is 9.80 Å². The van der Waals surface area contributed by atoms with Crippen LogP contribution in [0.4, 0.5) is 25.2 Å². The van der Waals surface area contributed by atoms with Crippen LogP contribution in [0.15, 0.2) is 41.3 Å². The van der Waals surface area contributed by atoms with Crippen molar-refractivity contribution in [2.75, 3.05) is 31.1 Å². The van der Waals surface area contributed by atoms with E-state index in [1.54, 1.807) is 17.0 Å². The number of hydrogen-bond donors (Lipinski definition) is 0. The molecule has 0 atom stereocenters. The van der Waals surface area contributed by atoms with Crippen molar-refractivity contribution in [2.45, 2.75) is 11.3 Å². The van der Waals surface area contributed by atoms with Crippen molar-refractivity contribution < 1.29 is 24.2 Å². The number of benzene rings is 1. The Balaban J connectivity index is 1.58. The maximum absolute atomic E-state index is 12.8. The van der Waals surface area contributed by atoms with Crippen molar-refractivity contribution in [1.82, 2.24) is 15.1 Å². The van der Waals surface area contributed by atoms with Gasteiger partial charge >= 0.3 is 10.2 Å². The summed E-state index contributed by atoms with van der Waals surface area (Å²) in [7, 11) is -9.71. The Hall–Kier alpha value is -2.87. The van der Waals surface area contributed by atoms with Crippen LogP contribution in [0.1, 0.15) is 11.3 Å². The zero-order valence-corrected chi connectivity index (χ0v) is 15.9. The number of anilines is 1. The zero-order chi connectivity index (χ0) is 21.3. The van der Waals surface area contributed by atoms with Gasteiger partial charge in [0.2, 0.25) is 5.91 Å². The third-order valence-electron chi connectivity index (χ3n) is 4.48. The van der Waals surface area contributed by atoms with Crippen molar-refractivity contribution in [1.29, 1.82) is 0 Å². The van der Waals surface area contributed by atoms with Crippen molar-refractivity contribution >= 4 is 21.9 Å². The summed E-state index contributed by atoms with van der Waals surface area (Å²) in [5, 5.41) is 7.91. The Bertz CT molecular complexity index is 948. The van der Waals surface area contributed by atoms with Crippen LogP contribution < -0.4 is 4.90 Å². The number of rotatable bonds is 4. The fourth-order valence-electron chi connectivity index (χ4n) is 2.91. The molecule has 0 N–H and O–H groups in total. The molecule has 29 heavy (non-hydrogen) atoms. The third-order valence-corrected chi connectivity index (χ3v) is 5.64. The summed E-state index contributed by atoms with van der Waals surface area (Å²) in [6.07, 6.45) is 5.06. The van der Waals surface area contributed by atoms with Gasteiger partial charge in [-0.15, -0.1) is 16.6 Å². The van der Waals surface area contributed by atoms with Crippen LogP contribution >= 0.6 is 10.2 Å². The lowest BCUT2D eigenvalue weighted by Gasteiger charge is -2.40. The average Bonchev–Trinajstić information content (AvgIpc) is 2.67. The summed E-state index contributed by atoms with van der Waals surface area (Å²) in [6.45, 7) is 1.78. The molecule has 5 nitrogen and oxygen atoms in total. The van der Waals surface area contributed by atoms with Crippen LogP contribution in [0.3, 0.4) is 0 Å². The number of terminal acetylenes is 1. The van der Waals surface area contributed by atoms with E-state index in [4.69, 9.17) is 6.42 Å². The number of hydrogen-bond acceptors (Lipinski definition) is 4. The van der Waals surface area contributed by atoms with E-state index in [1.165, 1.54) is 0 Å². The number of carbonyl (C=O) groups excluding carboxylic acids is 1. The van der Waals surface area contributed by atoms with Gasteiger partial charge in [-0.1, -0.05) is 31.6 Å². The van der Waals surface area contributed by atoms with Gasteiger partial charge in [0, 0.05) is 26.2 Å². The van der Waals surface area contributed by atoms with E-state index >= 15 is 0 Å². The number of piperazine rings is 1. The number of halogens is 5. The highest BCUT2D eigenvalue weighted by Crippen LogP contribution is 3.02. The molecule has 1 amide bonds. The summed E-state index contributed by atoms with van der Waals surface area (Å²) in [4.78, 5) is 13.9. The van der Waals surface area contributed by atoms with Crippen LogP contribution in [-0.4, -0.2) is 47.2 Å². The molecule has 2 aromatic rings. The van der Waals surface area contributed by atoms with Gasteiger partial charge in [-0.2, -0.15) is 0 Å². The first-order valence-electron chi connectivity index (χ1n) is 8.52. The van der Waals surface area contributed by atoms with E-state index < -0.39 is 15.1 Å². The standard InChI is InChI=1S/C18H17F5N4OS/c1-2-15-5-8-17(25-24-15)26-9-11-27(12-10-26)18(28)13-14-3-6-16(7-4-14)29(19,20,21,22)23/h1,3-8H,9-13H2. The zero-order valence-electron chi connectivity index (χ0n) is 15.1. The lowest BCUT2D eigenvalue weighted by Crippen LogP contribution is -2.49. The van der Waals surface area contributed by atoms with Gasteiger partial charge in [-0.3, -0.25) is 4.79 Å². The first-order valence-corrected chi connectivity index (χ1v) is 10.5. The molecule has 0 bridgehead atoms. The number of nitrogens with zero attached hydrogens (tertiary/aromatic N) is 4. The van der Waals surface area contributed by atoms with Crippen molar-refractivity contribution in [3.05, 3.63) is 47.7 Å². The van der Waals surface area contributed by atoms with E-state index in [9.17, 15) is 24.2 Å². The molecule has 1 aliphatic rings. The summed E-state index contributed by atoms with van der Waals surface area (Å²) >= 11 is 0. The molecule has 3 rings (SSSR count). The molecule has 11 heteroatoms. The van der Waals surface area contributed by atoms with Crippen LogP contribution in [-0.2, 0) is 11.2 Å². The summed E-state index contributed by atoms with van der Waals surface area (Å²) < 4.78 is 63.8. The largest absolute Gasteiger partial charge is 0.352 e. The highest BCUT2D eigenvalue weighted by Gasteiger charge is 2.65. The molecule has 0 aliphatic carbocycles. The molecular formula is C18H17F5N4OS. The molecular weight excluding hydrogens is 415 g/mol. The van der Waals surface area contributed by atoms with Gasteiger partial charge in [0.25, 0.3) is 0 Å². The lowest BCUT2D eigenvalue weighted by atomic mass is 10.1. The third kappa shape index (κ3) is 5.14. The molecule has 156 valence electrons. The van der Waals surface area contributed by atoms with Crippen LogP contribution in [0.2, 0.25) is 0 Å². The molecule has 0 radical (unpaired) electrons. The minimum absolute atomic E-state index is 0.169. The Morgan fingerprint density at radius 1 is 0.966 bits per heavy atom. The first-order chi connectivity index (χ1) is 13.4. The Labute approximate surface area is 164 Å². The second-order valence-electron chi connectivity index (χ2n) is 6.58. The Morgan fingerprint density at radius 2 is 1.59 bits per heavy atom. The second-order valence-corrected chi connectivity index (χ2v) is 8.99. The topological polar surface area (TPSA) is 49.3 Å². The number of carbonyl (C=O) groups is 1. The molecule has 1 aromatic heterocycles. The van der Waals surface area contributed by atoms with Gasteiger partial charge in [0.1, 0.15) is 10.6 Å². The highest BCUT2D eigenvalue weighted by atomic mass is 32.5. The summed E-state index contributed by atoms with van der Waals surface area (Å²) in [6, 6.07) is 5.85. The van der Waals surface area contributed by atoms with E-state index in [1.807, 2.05) is 4.90 Å². The first kappa shape index (κ1) is 20.9. The van der Waals surface area contributed by atoms with Crippen LogP contribution in [0.25, 0.3) is 0 Å². The van der Waals surface area contributed by atoms with Crippen molar-refractivity contribution in [3.63, 3.8) is 0 Å². The molecule has 1 saturated heterocycles. The highest BCUT2D eigenvalue weighted by molar-refractivity contribution is 8.45. The van der Waals surface area contributed by atoms with Gasteiger partial charge in [-0.25, -0.2) is 0 Å². The van der Waals surface area contributed by atoms with Gasteiger partial charge in [-0.05, 0) is 35.7 Å². The Morgan fingerprint density at radius 3 is 2.07 bits per heavy atom. The maximum atomic E-state index is 12.8.